The van der Waals surface area contributed by atoms with Crippen LogP contribution in [-0.4, -0.2) is 14.1 Å². The van der Waals surface area contributed by atoms with E-state index in [9.17, 15) is 10.5 Å². The molecule has 3 heterocycles. The van der Waals surface area contributed by atoms with E-state index in [0.717, 1.165) is 88.5 Å². The molecule has 0 atom stereocenters. The summed E-state index contributed by atoms with van der Waals surface area (Å²) in [4.78, 5) is 8.93. The highest BCUT2D eigenvalue weighted by molar-refractivity contribution is 6.12. The van der Waals surface area contributed by atoms with Crippen molar-refractivity contribution < 1.29 is 0 Å². The molecule has 0 aliphatic heterocycles. The van der Waals surface area contributed by atoms with Crippen LogP contribution < -0.4 is 0 Å². The number of hydrogen-bond acceptors (Lipinski definition) is 3. The maximum absolute atomic E-state index is 9.70. The number of benzene rings is 7. The largest absolute Gasteiger partial charge is 0.307 e. The molecule has 0 unspecified atom stereocenters. The van der Waals surface area contributed by atoms with Crippen molar-refractivity contribution in [2.75, 3.05) is 0 Å². The third-order valence-electron chi connectivity index (χ3n) is 10.6. The lowest BCUT2D eigenvalue weighted by Gasteiger charge is -2.17. The molecule has 0 aliphatic carbocycles. The first-order valence-corrected chi connectivity index (χ1v) is 18.2. The number of rotatable bonds is 5. The second kappa shape index (κ2) is 13.0. The van der Waals surface area contributed by atoms with Gasteiger partial charge in [0.05, 0.1) is 63.8 Å². The van der Waals surface area contributed by atoms with E-state index in [4.69, 9.17) is 11.6 Å². The second-order valence-electron chi connectivity index (χ2n) is 13.8. The Kier molecular flexibility index (Phi) is 7.53. The third-order valence-corrected chi connectivity index (χ3v) is 10.6. The van der Waals surface area contributed by atoms with Crippen LogP contribution in [0.1, 0.15) is 11.1 Å². The number of hydrogen-bond donors (Lipinski definition) is 0. The van der Waals surface area contributed by atoms with Gasteiger partial charge in [0.25, 0.3) is 0 Å². The summed E-state index contributed by atoms with van der Waals surface area (Å²) in [5.74, 6) is 0.750. The average Bonchev–Trinajstić information content (AvgIpc) is 3.78. The summed E-state index contributed by atoms with van der Waals surface area (Å²) in [6, 6.07) is 59.5. The van der Waals surface area contributed by atoms with Gasteiger partial charge in [0, 0.05) is 27.1 Å². The molecule has 0 amide bonds. The molecule has 7 aromatic carbocycles. The molecule has 0 spiro atoms. The van der Waals surface area contributed by atoms with E-state index in [-0.39, 0.29) is 0 Å². The monoisotopic (exact) mass is 712 g/mol. The molecule has 6 heteroatoms. The summed E-state index contributed by atoms with van der Waals surface area (Å²) in [5, 5.41) is 23.8. The van der Waals surface area contributed by atoms with E-state index in [1.54, 1.807) is 0 Å². The Hall–Kier alpha value is -8.24. The van der Waals surface area contributed by atoms with Crippen molar-refractivity contribution in [2.45, 2.75) is 0 Å². The van der Waals surface area contributed by atoms with Crippen molar-refractivity contribution in [1.29, 1.82) is 10.5 Å². The molecule has 10 aromatic rings. The number of nitriles is 2. The summed E-state index contributed by atoms with van der Waals surface area (Å²) in [7, 11) is 0. The van der Waals surface area contributed by atoms with Crippen LogP contribution in [0.15, 0.2) is 170 Å². The van der Waals surface area contributed by atoms with E-state index in [1.807, 2.05) is 79.0 Å². The van der Waals surface area contributed by atoms with Gasteiger partial charge in [0.2, 0.25) is 0 Å². The zero-order chi connectivity index (χ0) is 37.8. The number of nitrogens with zero attached hydrogens (tertiary/aromatic N) is 6. The van der Waals surface area contributed by atoms with E-state index >= 15 is 0 Å². The SMILES string of the molecule is [C-]#[N+]c1cccc(-c2ccc3c4ccccc4n(-c4cnc(-n5c6ccccc6c6ccc(-c7cccc(C#N)c7)cc65)cc4-c4ccc(C#N)cc4)c3c2)c1. The highest BCUT2D eigenvalue weighted by Crippen LogP contribution is 2.40. The van der Waals surface area contributed by atoms with Crippen LogP contribution in [0.5, 0.6) is 0 Å². The lowest BCUT2D eigenvalue weighted by atomic mass is 10.0. The van der Waals surface area contributed by atoms with Crippen molar-refractivity contribution in [3.63, 3.8) is 0 Å². The molecule has 10 rings (SSSR count). The van der Waals surface area contributed by atoms with Gasteiger partial charge in [-0.05, 0) is 88.5 Å². The van der Waals surface area contributed by atoms with E-state index < -0.39 is 0 Å². The van der Waals surface area contributed by atoms with Crippen LogP contribution in [-0.2, 0) is 0 Å². The summed E-state index contributed by atoms with van der Waals surface area (Å²) in [6.45, 7) is 7.59. The van der Waals surface area contributed by atoms with Gasteiger partial charge in [0.1, 0.15) is 5.82 Å². The lowest BCUT2D eigenvalue weighted by molar-refractivity contribution is 1.06. The Labute approximate surface area is 322 Å². The van der Waals surface area contributed by atoms with E-state index in [2.05, 4.69) is 117 Å². The van der Waals surface area contributed by atoms with Crippen LogP contribution in [0.2, 0.25) is 0 Å². The van der Waals surface area contributed by atoms with Crippen molar-refractivity contribution in [3.05, 3.63) is 193 Å². The Morgan fingerprint density at radius 1 is 0.464 bits per heavy atom. The number of fused-ring (bicyclic) bond motifs is 6. The van der Waals surface area contributed by atoms with Gasteiger partial charge in [-0.2, -0.15) is 10.5 Å². The standard InChI is InChI=1S/C50H28N6/c1-53-39-11-7-10-36(25-39)38-21-22-42-40-12-2-4-14-45(40)55(47(42)26-38)49-31-54-50(28-44(49)34-18-16-32(29-51)17-19-34)56-46-15-5-3-13-41(46)43-23-20-37(27-48(43)56)35-9-6-8-33(24-35)30-52/h2-28,31H. The molecule has 3 aromatic heterocycles. The molecule has 6 nitrogen and oxygen atoms in total. The fraction of sp³-hybridized carbons (Fsp3) is 0. The van der Waals surface area contributed by atoms with Gasteiger partial charge < -0.3 is 4.57 Å². The summed E-state index contributed by atoms with van der Waals surface area (Å²) in [6.07, 6.45) is 1.96. The van der Waals surface area contributed by atoms with Crippen molar-refractivity contribution >= 4 is 49.3 Å². The molecule has 0 N–H and O–H groups in total. The zero-order valence-electron chi connectivity index (χ0n) is 29.8. The molecule has 0 aliphatic rings. The Morgan fingerprint density at radius 3 is 1.68 bits per heavy atom. The first-order chi connectivity index (χ1) is 27.6. The summed E-state index contributed by atoms with van der Waals surface area (Å²) >= 11 is 0. The minimum atomic E-state index is 0.586. The molecule has 0 bridgehead atoms. The van der Waals surface area contributed by atoms with Crippen LogP contribution in [0.25, 0.3) is 93.3 Å². The molecule has 258 valence electrons. The first kappa shape index (κ1) is 32.4. The number of aromatic nitrogens is 3. The van der Waals surface area contributed by atoms with E-state index in [1.165, 1.54) is 0 Å². The Bertz CT molecular complexity index is 3340. The van der Waals surface area contributed by atoms with Crippen molar-refractivity contribution in [1.82, 2.24) is 14.1 Å². The van der Waals surface area contributed by atoms with Gasteiger partial charge >= 0.3 is 0 Å². The predicted octanol–water partition coefficient (Wildman–Crippen LogP) is 12.6. The molecular formula is C50H28N6. The predicted molar refractivity (Wildman–Crippen MR) is 225 cm³/mol. The molecule has 0 saturated carbocycles. The molecular weight excluding hydrogens is 685 g/mol. The smallest absolute Gasteiger partial charge is 0.187 e. The second-order valence-corrected chi connectivity index (χ2v) is 13.8. The maximum Gasteiger partial charge on any atom is 0.187 e. The normalized spacial score (nSPS) is 11.2. The maximum atomic E-state index is 9.70. The van der Waals surface area contributed by atoms with Crippen molar-refractivity contribution in [3.8, 4) is 57.0 Å². The molecule has 0 saturated heterocycles. The van der Waals surface area contributed by atoms with Crippen LogP contribution in [0.3, 0.4) is 0 Å². The van der Waals surface area contributed by atoms with E-state index in [0.29, 0.717) is 16.8 Å². The highest BCUT2D eigenvalue weighted by Gasteiger charge is 2.20. The Morgan fingerprint density at radius 2 is 1.02 bits per heavy atom. The Balaban J connectivity index is 1.25. The van der Waals surface area contributed by atoms with Gasteiger partial charge in [-0.25, -0.2) is 9.83 Å². The van der Waals surface area contributed by atoms with Gasteiger partial charge in [-0.1, -0.05) is 103 Å². The van der Waals surface area contributed by atoms with Gasteiger partial charge in [-0.15, -0.1) is 0 Å². The van der Waals surface area contributed by atoms with Crippen LogP contribution >= 0.6 is 0 Å². The van der Waals surface area contributed by atoms with Crippen molar-refractivity contribution in [2.24, 2.45) is 0 Å². The summed E-state index contributed by atoms with van der Waals surface area (Å²) in [5.41, 5.74) is 12.6. The fourth-order valence-electron chi connectivity index (χ4n) is 8.02. The molecule has 0 radical (unpaired) electrons. The third kappa shape index (κ3) is 5.20. The zero-order valence-corrected chi connectivity index (χ0v) is 29.8. The summed E-state index contributed by atoms with van der Waals surface area (Å²) < 4.78 is 4.50. The van der Waals surface area contributed by atoms with Gasteiger partial charge in [0.15, 0.2) is 5.69 Å². The van der Waals surface area contributed by atoms with Crippen LogP contribution in [0.4, 0.5) is 5.69 Å². The topological polar surface area (TPSA) is 74.7 Å². The minimum Gasteiger partial charge on any atom is -0.307 e. The average molecular weight is 713 g/mol. The minimum absolute atomic E-state index is 0.586. The molecule has 0 fully saturated rings. The highest BCUT2D eigenvalue weighted by atomic mass is 15.1. The number of para-hydroxylation sites is 2. The first-order valence-electron chi connectivity index (χ1n) is 18.2. The fourth-order valence-corrected chi connectivity index (χ4v) is 8.02. The lowest BCUT2D eigenvalue weighted by Crippen LogP contribution is -2.03. The quantitative estimate of drug-likeness (QED) is 0.167. The number of pyridine rings is 1. The van der Waals surface area contributed by atoms with Gasteiger partial charge in [-0.3, -0.25) is 4.57 Å². The molecule has 56 heavy (non-hydrogen) atoms. The van der Waals surface area contributed by atoms with Crippen LogP contribution in [0, 0.1) is 29.2 Å².